The highest BCUT2D eigenvalue weighted by Gasteiger charge is 2.21. The van der Waals surface area contributed by atoms with E-state index in [4.69, 9.17) is 21.3 Å². The quantitative estimate of drug-likeness (QED) is 0.167. The number of nitrogens with zero attached hydrogens (tertiary/aromatic N) is 6. The van der Waals surface area contributed by atoms with Gasteiger partial charge in [-0.05, 0) is 50.1 Å². The Balaban J connectivity index is 1.60. The maximum atomic E-state index is 13.6. The normalized spacial score (nSPS) is 11.7. The molecular weight excluding hydrogens is 588 g/mol. The lowest BCUT2D eigenvalue weighted by atomic mass is 10.0. The fourth-order valence-corrected chi connectivity index (χ4v) is 5.31. The van der Waals surface area contributed by atoms with Crippen LogP contribution in [0, 0.1) is 6.92 Å². The summed E-state index contributed by atoms with van der Waals surface area (Å²) in [7, 11) is 7.30. The van der Waals surface area contributed by atoms with Gasteiger partial charge >= 0.3 is 0 Å². The van der Waals surface area contributed by atoms with Crippen LogP contribution in [0.25, 0.3) is 10.9 Å². The lowest BCUT2D eigenvalue weighted by Gasteiger charge is -2.25. The predicted molar refractivity (Wildman–Crippen MR) is 176 cm³/mol. The first kappa shape index (κ1) is 31.9. The van der Waals surface area contributed by atoms with Gasteiger partial charge in [-0.3, -0.25) is 18.9 Å². The Hall–Kier alpha value is -4.03. The van der Waals surface area contributed by atoms with Gasteiger partial charge in [0.1, 0.15) is 5.15 Å². The van der Waals surface area contributed by atoms with Crippen molar-refractivity contribution < 1.29 is 9.53 Å². The van der Waals surface area contributed by atoms with Crippen LogP contribution in [0.2, 0.25) is 5.15 Å². The molecule has 0 aliphatic rings. The number of aryl methyl sites for hydroxylation is 1. The second-order valence-electron chi connectivity index (χ2n) is 10.3. The van der Waals surface area contributed by atoms with Gasteiger partial charge in [-0.25, -0.2) is 15.0 Å². The van der Waals surface area contributed by atoms with Crippen LogP contribution in [0.5, 0.6) is 5.88 Å². The number of methoxy groups -OCH3 is 1. The molecule has 0 bridgehead atoms. The number of benzene rings is 1. The van der Waals surface area contributed by atoms with Crippen LogP contribution in [0.3, 0.4) is 0 Å². The molecule has 0 fully saturated rings. The summed E-state index contributed by atoms with van der Waals surface area (Å²) in [6, 6.07) is 10.7. The molecule has 0 saturated carbocycles. The predicted octanol–water partition coefficient (Wildman–Crippen LogP) is 4.84. The van der Waals surface area contributed by atoms with Crippen LogP contribution in [0.1, 0.15) is 41.0 Å². The van der Waals surface area contributed by atoms with Crippen molar-refractivity contribution in [3.8, 4) is 5.88 Å². The maximum Gasteiger partial charge on any atom is 0.281 e. The van der Waals surface area contributed by atoms with Crippen LogP contribution in [0.15, 0.2) is 47.4 Å². The second-order valence-corrected chi connectivity index (χ2v) is 11.3. The summed E-state index contributed by atoms with van der Waals surface area (Å²) in [5.74, 6) is 0.783. The van der Waals surface area contributed by atoms with Crippen LogP contribution >= 0.6 is 23.5 Å². The van der Waals surface area contributed by atoms with Crippen molar-refractivity contribution >= 4 is 57.7 Å². The van der Waals surface area contributed by atoms with E-state index in [1.807, 2.05) is 57.1 Å². The van der Waals surface area contributed by atoms with Crippen molar-refractivity contribution in [1.29, 1.82) is 0 Å². The highest BCUT2D eigenvalue weighted by Crippen LogP contribution is 2.29. The largest absolute Gasteiger partial charge is 0.481 e. The molecule has 0 aliphatic heterocycles. The van der Waals surface area contributed by atoms with Crippen molar-refractivity contribution in [3.05, 3.63) is 74.9 Å². The molecule has 4 aromatic rings. The minimum absolute atomic E-state index is 0.126. The Labute approximate surface area is 260 Å². The van der Waals surface area contributed by atoms with Crippen LogP contribution in [-0.2, 0) is 7.05 Å². The molecule has 3 aromatic heterocycles. The molecule has 1 atom stereocenters. The molecule has 1 unspecified atom stereocenters. The number of nitrogens with one attached hydrogen (secondary N) is 2. The summed E-state index contributed by atoms with van der Waals surface area (Å²) in [5, 5.41) is 4.14. The number of anilines is 3. The Morgan fingerprint density at radius 1 is 1.14 bits per heavy atom. The number of rotatable bonds is 12. The number of pyridine rings is 2. The van der Waals surface area contributed by atoms with Gasteiger partial charge in [0, 0.05) is 52.1 Å². The van der Waals surface area contributed by atoms with E-state index >= 15 is 0 Å². The molecule has 228 valence electrons. The average molecular weight is 625 g/mol. The number of carbonyl (C=O) groups is 1. The average Bonchev–Trinajstić information content (AvgIpc) is 2.99. The molecule has 4 rings (SSSR count). The Bertz CT molecular complexity index is 1660. The van der Waals surface area contributed by atoms with Gasteiger partial charge in [0.15, 0.2) is 5.69 Å². The topological polar surface area (TPSA) is 118 Å². The second kappa shape index (κ2) is 14.0. The number of aromatic nitrogens is 4. The van der Waals surface area contributed by atoms with Crippen molar-refractivity contribution in [2.75, 3.05) is 55.7 Å². The first-order valence-electron chi connectivity index (χ1n) is 13.7. The van der Waals surface area contributed by atoms with E-state index < -0.39 is 0 Å². The highest BCUT2D eigenvalue weighted by atomic mass is 35.5. The number of amides is 1. The third-order valence-corrected chi connectivity index (χ3v) is 7.74. The van der Waals surface area contributed by atoms with E-state index in [2.05, 4.69) is 24.9 Å². The van der Waals surface area contributed by atoms with Crippen LogP contribution < -0.4 is 30.1 Å². The fourth-order valence-electron chi connectivity index (χ4n) is 4.88. The fraction of sp³-hybridized carbons (Fsp3) is 0.367. The molecule has 2 N–H and O–H groups in total. The minimum atomic E-state index is -0.358. The van der Waals surface area contributed by atoms with Crippen LogP contribution in [-0.4, -0.2) is 66.0 Å². The van der Waals surface area contributed by atoms with E-state index in [0.717, 1.165) is 29.8 Å². The summed E-state index contributed by atoms with van der Waals surface area (Å²) in [6.45, 7) is 5.38. The van der Waals surface area contributed by atoms with Crippen molar-refractivity contribution in [2.45, 2.75) is 26.3 Å². The first-order valence-corrected chi connectivity index (χ1v) is 15.3. The minimum Gasteiger partial charge on any atom is -0.481 e. The zero-order valence-electron chi connectivity index (χ0n) is 25.4. The summed E-state index contributed by atoms with van der Waals surface area (Å²) in [6.07, 6.45) is 4.37. The summed E-state index contributed by atoms with van der Waals surface area (Å²) in [5.41, 5.74) is 3.95. The number of ether oxygens (including phenoxy) is 1. The van der Waals surface area contributed by atoms with Crippen molar-refractivity contribution in [3.63, 3.8) is 0 Å². The van der Waals surface area contributed by atoms with Crippen LogP contribution in [0.4, 0.5) is 17.3 Å². The van der Waals surface area contributed by atoms with Gasteiger partial charge in [-0.1, -0.05) is 29.6 Å². The van der Waals surface area contributed by atoms with Gasteiger partial charge in [-0.2, -0.15) is 0 Å². The third-order valence-electron chi connectivity index (χ3n) is 7.14. The molecule has 0 saturated heterocycles. The number of hydrogen-bond donors (Lipinski definition) is 2. The SMILES string of the molecule is COc1ccc(N(C)CCCN(C)c2nc3c(C(C)Nc4ccc(Cl)nc4C(=O)NSC)cc(C)cc3c(=O)n2C)cn1. The van der Waals surface area contributed by atoms with Crippen molar-refractivity contribution in [2.24, 2.45) is 7.05 Å². The van der Waals surface area contributed by atoms with Gasteiger partial charge in [0.2, 0.25) is 11.8 Å². The van der Waals surface area contributed by atoms with Gasteiger partial charge < -0.3 is 19.9 Å². The standard InChI is InChI=1S/C30H37ClN8O3S/c1-18-15-21(19(2)33-23-10-11-24(31)34-27(23)28(40)36-43-7)26-22(16-18)29(41)39(5)30(35-26)38(4)14-8-13-37(3)20-9-12-25(42-6)32-17-20/h9-12,15-17,19,33H,8,13-14H2,1-7H3,(H,36,40). The molecule has 11 nitrogen and oxygen atoms in total. The van der Waals surface area contributed by atoms with E-state index in [-0.39, 0.29) is 28.4 Å². The molecule has 3 heterocycles. The molecule has 1 amide bonds. The number of halogens is 1. The number of hydrogen-bond acceptors (Lipinski definition) is 10. The number of carbonyl (C=O) groups excluding carboxylic acids is 1. The summed E-state index contributed by atoms with van der Waals surface area (Å²) >= 11 is 7.28. The van der Waals surface area contributed by atoms with E-state index in [1.165, 1.54) is 11.9 Å². The van der Waals surface area contributed by atoms with E-state index in [0.29, 0.717) is 35.0 Å². The molecule has 0 aliphatic carbocycles. The molecule has 1 aromatic carbocycles. The lowest BCUT2D eigenvalue weighted by Crippen LogP contribution is -2.31. The molecule has 0 radical (unpaired) electrons. The highest BCUT2D eigenvalue weighted by molar-refractivity contribution is 7.97. The zero-order valence-corrected chi connectivity index (χ0v) is 27.0. The maximum absolute atomic E-state index is 13.6. The van der Waals surface area contributed by atoms with Gasteiger partial charge in [0.05, 0.1) is 41.6 Å². The Morgan fingerprint density at radius 3 is 2.56 bits per heavy atom. The summed E-state index contributed by atoms with van der Waals surface area (Å²) < 4.78 is 9.44. The molecule has 0 spiro atoms. The number of fused-ring (bicyclic) bond motifs is 1. The third kappa shape index (κ3) is 7.31. The Kier molecular flexibility index (Phi) is 10.4. The van der Waals surface area contributed by atoms with E-state index in [1.54, 1.807) is 43.3 Å². The first-order chi connectivity index (χ1) is 20.5. The summed E-state index contributed by atoms with van der Waals surface area (Å²) in [4.78, 5) is 43.9. The lowest BCUT2D eigenvalue weighted by molar-refractivity contribution is 0.0980. The molecule has 43 heavy (non-hydrogen) atoms. The molecule has 13 heteroatoms. The Morgan fingerprint density at radius 2 is 1.88 bits per heavy atom. The zero-order chi connectivity index (χ0) is 31.3. The monoisotopic (exact) mass is 624 g/mol. The van der Waals surface area contributed by atoms with E-state index in [9.17, 15) is 9.59 Å². The van der Waals surface area contributed by atoms with Gasteiger partial charge in [-0.15, -0.1) is 0 Å². The van der Waals surface area contributed by atoms with Crippen molar-refractivity contribution in [1.82, 2.24) is 24.2 Å². The smallest absolute Gasteiger partial charge is 0.281 e. The molecular formula is C30H37ClN8O3S. The van der Waals surface area contributed by atoms with Gasteiger partial charge in [0.25, 0.3) is 11.5 Å².